The maximum Gasteiger partial charge on any atom is 0.306 e. The van der Waals surface area contributed by atoms with Gasteiger partial charge in [-0.2, -0.15) is 0 Å². The van der Waals surface area contributed by atoms with E-state index in [0.29, 0.717) is 16.4 Å². The van der Waals surface area contributed by atoms with Crippen molar-refractivity contribution in [2.45, 2.75) is 18.4 Å². The lowest BCUT2D eigenvalue weighted by Crippen LogP contribution is -2.44. The number of rotatable bonds is 2. The van der Waals surface area contributed by atoms with E-state index in [1.807, 2.05) is 6.07 Å². The van der Waals surface area contributed by atoms with Gasteiger partial charge < -0.3 is 14.6 Å². The van der Waals surface area contributed by atoms with Gasteiger partial charge in [-0.05, 0) is 25.0 Å². The number of aliphatic carboxylic acids is 1. The van der Waals surface area contributed by atoms with Gasteiger partial charge in [0.25, 0.3) is 0 Å². The van der Waals surface area contributed by atoms with Crippen LogP contribution < -0.4 is 0 Å². The second-order valence-corrected chi connectivity index (χ2v) is 5.15. The van der Waals surface area contributed by atoms with Crippen LogP contribution in [0.25, 0.3) is 11.0 Å². The molecule has 1 aliphatic carbocycles. The Morgan fingerprint density at radius 2 is 2.17 bits per heavy atom. The number of hydrogen-bond acceptors (Lipinski definition) is 3. The summed E-state index contributed by atoms with van der Waals surface area (Å²) in [6.45, 7) is 0. The summed E-state index contributed by atoms with van der Waals surface area (Å²) in [4.78, 5) is 10.8. The normalized spacial score (nSPS) is 27.1. The molecule has 0 unspecified atom stereocenters. The van der Waals surface area contributed by atoms with Crippen LogP contribution in [0.4, 0.5) is 0 Å². The quantitative estimate of drug-likeness (QED) is 0.877. The van der Waals surface area contributed by atoms with E-state index in [-0.39, 0.29) is 12.8 Å². The van der Waals surface area contributed by atoms with Crippen molar-refractivity contribution >= 4 is 28.5 Å². The summed E-state index contributed by atoms with van der Waals surface area (Å²) in [6.07, 6.45) is 0.361. The number of carboxylic acids is 1. The molecule has 5 heteroatoms. The summed E-state index contributed by atoms with van der Waals surface area (Å²) in [5.74, 6) is -0.990. The SMILES string of the molecule is O=C(O)C1CC(O)(c2cc3cccc(Cl)c3o2)C1. The smallest absolute Gasteiger partial charge is 0.306 e. The van der Waals surface area contributed by atoms with Crippen molar-refractivity contribution < 1.29 is 19.4 Å². The topological polar surface area (TPSA) is 70.7 Å². The Bertz CT molecular complexity index is 625. The van der Waals surface area contributed by atoms with Gasteiger partial charge in [0, 0.05) is 5.39 Å². The van der Waals surface area contributed by atoms with Crippen molar-refractivity contribution in [3.05, 3.63) is 35.0 Å². The van der Waals surface area contributed by atoms with Gasteiger partial charge in [0.05, 0.1) is 10.9 Å². The summed E-state index contributed by atoms with van der Waals surface area (Å²) in [7, 11) is 0. The molecule has 3 rings (SSSR count). The van der Waals surface area contributed by atoms with Gasteiger partial charge >= 0.3 is 5.97 Å². The molecule has 0 aliphatic heterocycles. The molecule has 4 nitrogen and oxygen atoms in total. The summed E-state index contributed by atoms with van der Waals surface area (Å²) in [5, 5.41) is 20.4. The first-order chi connectivity index (χ1) is 8.49. The van der Waals surface area contributed by atoms with E-state index in [2.05, 4.69) is 0 Å². The fourth-order valence-corrected chi connectivity index (χ4v) is 2.61. The minimum Gasteiger partial charge on any atom is -0.481 e. The van der Waals surface area contributed by atoms with Crippen molar-refractivity contribution in [3.8, 4) is 0 Å². The molecule has 1 saturated carbocycles. The van der Waals surface area contributed by atoms with Crippen molar-refractivity contribution in [2.75, 3.05) is 0 Å². The van der Waals surface area contributed by atoms with Crippen LogP contribution in [0.1, 0.15) is 18.6 Å². The molecular formula is C13H11ClO4. The van der Waals surface area contributed by atoms with Crippen molar-refractivity contribution in [2.24, 2.45) is 5.92 Å². The van der Waals surface area contributed by atoms with Crippen molar-refractivity contribution in [3.63, 3.8) is 0 Å². The number of para-hydroxylation sites is 1. The van der Waals surface area contributed by atoms with Crippen LogP contribution in [0.2, 0.25) is 5.02 Å². The number of carboxylic acid groups (broad SMARTS) is 1. The monoisotopic (exact) mass is 266 g/mol. The average molecular weight is 267 g/mol. The number of aliphatic hydroxyl groups is 1. The molecule has 94 valence electrons. The van der Waals surface area contributed by atoms with Gasteiger partial charge in [0.2, 0.25) is 0 Å². The van der Waals surface area contributed by atoms with E-state index in [0.717, 1.165) is 5.39 Å². The predicted molar refractivity (Wildman–Crippen MR) is 65.5 cm³/mol. The maximum absolute atomic E-state index is 10.8. The van der Waals surface area contributed by atoms with E-state index in [1.54, 1.807) is 18.2 Å². The zero-order valence-electron chi connectivity index (χ0n) is 9.39. The molecule has 0 saturated heterocycles. The van der Waals surface area contributed by atoms with E-state index in [9.17, 15) is 9.90 Å². The highest BCUT2D eigenvalue weighted by Crippen LogP contribution is 2.47. The van der Waals surface area contributed by atoms with Gasteiger partial charge in [-0.25, -0.2) is 0 Å². The lowest BCUT2D eigenvalue weighted by Gasteiger charge is -2.39. The Morgan fingerprint density at radius 3 is 2.78 bits per heavy atom. The molecule has 0 atom stereocenters. The predicted octanol–water partition coefficient (Wildman–Crippen LogP) is 2.77. The second-order valence-electron chi connectivity index (χ2n) is 4.74. The van der Waals surface area contributed by atoms with Crippen molar-refractivity contribution in [1.29, 1.82) is 0 Å². The lowest BCUT2D eigenvalue weighted by molar-refractivity contribution is -0.161. The average Bonchev–Trinajstić information content (AvgIpc) is 2.70. The number of hydrogen-bond donors (Lipinski definition) is 2. The Kier molecular flexibility index (Phi) is 2.40. The van der Waals surface area contributed by atoms with Crippen LogP contribution in [-0.4, -0.2) is 16.2 Å². The largest absolute Gasteiger partial charge is 0.481 e. The number of furan rings is 1. The zero-order chi connectivity index (χ0) is 12.9. The molecule has 1 aromatic heterocycles. The molecule has 0 radical (unpaired) electrons. The van der Waals surface area contributed by atoms with E-state index < -0.39 is 17.5 Å². The molecule has 0 amide bonds. The maximum atomic E-state index is 10.8. The fourth-order valence-electron chi connectivity index (χ4n) is 2.39. The summed E-state index contributed by atoms with van der Waals surface area (Å²) < 4.78 is 5.56. The third-order valence-corrected chi connectivity index (χ3v) is 3.77. The third-order valence-electron chi connectivity index (χ3n) is 3.47. The van der Waals surface area contributed by atoms with Gasteiger partial charge in [0.1, 0.15) is 11.4 Å². The molecular weight excluding hydrogens is 256 g/mol. The number of carbonyl (C=O) groups is 1. The highest BCUT2D eigenvalue weighted by molar-refractivity contribution is 6.34. The van der Waals surface area contributed by atoms with Crippen LogP contribution in [0.15, 0.2) is 28.7 Å². The number of benzene rings is 1. The molecule has 1 aliphatic rings. The highest BCUT2D eigenvalue weighted by Gasteiger charge is 2.49. The Hall–Kier alpha value is -1.52. The van der Waals surface area contributed by atoms with Gasteiger partial charge in [-0.1, -0.05) is 23.7 Å². The summed E-state index contributed by atoms with van der Waals surface area (Å²) in [6, 6.07) is 7.07. The van der Waals surface area contributed by atoms with E-state index in [1.165, 1.54) is 0 Å². The number of halogens is 1. The second kappa shape index (κ2) is 3.73. The molecule has 2 N–H and O–H groups in total. The molecule has 1 aromatic carbocycles. The van der Waals surface area contributed by atoms with Gasteiger partial charge in [-0.3, -0.25) is 4.79 Å². The van der Waals surface area contributed by atoms with Crippen LogP contribution in [0.3, 0.4) is 0 Å². The molecule has 18 heavy (non-hydrogen) atoms. The van der Waals surface area contributed by atoms with Gasteiger partial charge in [0.15, 0.2) is 5.58 Å². The summed E-state index contributed by atoms with van der Waals surface area (Å²) in [5.41, 5.74) is -0.646. The Balaban J connectivity index is 1.96. The third kappa shape index (κ3) is 1.61. The first-order valence-electron chi connectivity index (χ1n) is 5.63. The van der Waals surface area contributed by atoms with Crippen LogP contribution in [0.5, 0.6) is 0 Å². The first-order valence-corrected chi connectivity index (χ1v) is 6.01. The van der Waals surface area contributed by atoms with Crippen molar-refractivity contribution in [1.82, 2.24) is 0 Å². The molecule has 1 fully saturated rings. The highest BCUT2D eigenvalue weighted by atomic mass is 35.5. The number of fused-ring (bicyclic) bond motifs is 1. The molecule has 0 spiro atoms. The molecule has 2 aromatic rings. The van der Waals surface area contributed by atoms with Crippen LogP contribution in [0, 0.1) is 5.92 Å². The van der Waals surface area contributed by atoms with Gasteiger partial charge in [-0.15, -0.1) is 0 Å². The molecule has 1 heterocycles. The molecule has 0 bridgehead atoms. The Morgan fingerprint density at radius 1 is 1.44 bits per heavy atom. The minimum absolute atomic E-state index is 0.180. The van der Waals surface area contributed by atoms with Crippen LogP contribution in [-0.2, 0) is 10.4 Å². The minimum atomic E-state index is -1.18. The fraction of sp³-hybridized carbons (Fsp3) is 0.308. The van der Waals surface area contributed by atoms with Crippen LogP contribution >= 0.6 is 11.6 Å². The lowest BCUT2D eigenvalue weighted by atomic mass is 9.69. The first kappa shape index (κ1) is 11.6. The van der Waals surface area contributed by atoms with E-state index >= 15 is 0 Å². The summed E-state index contributed by atoms with van der Waals surface area (Å²) >= 11 is 5.99. The standard InChI is InChI=1S/C13H11ClO4/c14-9-3-1-2-7-4-10(18-11(7)9)13(17)5-8(6-13)12(15)16/h1-4,8,17H,5-6H2,(H,15,16). The Labute approximate surface area is 108 Å². The van der Waals surface area contributed by atoms with E-state index in [4.69, 9.17) is 21.1 Å². The zero-order valence-corrected chi connectivity index (χ0v) is 10.1.